The maximum absolute atomic E-state index is 6.37. The lowest BCUT2D eigenvalue weighted by atomic mass is 9.70. The number of benzene rings is 11. The highest BCUT2D eigenvalue weighted by Gasteiger charge is 2.51. The molecule has 2 heteroatoms. The van der Waals surface area contributed by atoms with Crippen LogP contribution in [0.25, 0.3) is 88.0 Å². The summed E-state index contributed by atoms with van der Waals surface area (Å²) in [5.74, 6) is 0. The first-order valence-electron chi connectivity index (χ1n) is 22.5. The van der Waals surface area contributed by atoms with E-state index in [1.165, 1.54) is 88.3 Å². The molecule has 11 aromatic carbocycles. The monoisotopic (exact) mass is 825 g/mol. The maximum atomic E-state index is 6.37. The topological polar surface area (TPSA) is 16.4 Å². The minimum absolute atomic E-state index is 0.451. The van der Waals surface area contributed by atoms with Gasteiger partial charge in [-0.2, -0.15) is 0 Å². The number of anilines is 3. The summed E-state index contributed by atoms with van der Waals surface area (Å²) in [5.41, 5.74) is 19.9. The van der Waals surface area contributed by atoms with Gasteiger partial charge in [0.2, 0.25) is 0 Å². The molecule has 1 spiro atoms. The number of hydrogen-bond donors (Lipinski definition) is 0. The van der Waals surface area contributed by atoms with Crippen molar-refractivity contribution in [1.29, 1.82) is 0 Å². The number of hydrogen-bond acceptors (Lipinski definition) is 2. The number of furan rings is 1. The van der Waals surface area contributed by atoms with E-state index in [0.717, 1.165) is 39.0 Å². The number of nitrogens with zero attached hydrogens (tertiary/aromatic N) is 1. The summed E-state index contributed by atoms with van der Waals surface area (Å²) >= 11 is 0. The highest BCUT2D eigenvalue weighted by Crippen LogP contribution is 2.63. The zero-order valence-corrected chi connectivity index (χ0v) is 35.4. The second-order valence-electron chi connectivity index (χ2n) is 17.5. The fraction of sp³-hybridized carbons (Fsp3) is 0.0159. The Labute approximate surface area is 376 Å². The minimum Gasteiger partial charge on any atom is -0.456 e. The van der Waals surface area contributed by atoms with Gasteiger partial charge in [0.05, 0.1) is 5.41 Å². The Kier molecular flexibility index (Phi) is 7.64. The van der Waals surface area contributed by atoms with Crippen LogP contribution in [0.4, 0.5) is 17.1 Å². The van der Waals surface area contributed by atoms with E-state index in [1.807, 2.05) is 6.07 Å². The summed E-state index contributed by atoms with van der Waals surface area (Å²) in [7, 11) is 0. The third kappa shape index (κ3) is 5.17. The Morgan fingerprint density at radius 1 is 0.277 bits per heavy atom. The highest BCUT2D eigenvalue weighted by atomic mass is 16.3. The Morgan fingerprint density at radius 2 is 0.785 bits per heavy atom. The van der Waals surface area contributed by atoms with Gasteiger partial charge in [0.25, 0.3) is 0 Å². The molecule has 0 amide bonds. The van der Waals surface area contributed by atoms with Gasteiger partial charge < -0.3 is 9.32 Å². The molecule has 1 aromatic heterocycles. The molecule has 0 aliphatic heterocycles. The second-order valence-corrected chi connectivity index (χ2v) is 17.5. The molecule has 1 heterocycles. The average molecular weight is 826 g/mol. The fourth-order valence-electron chi connectivity index (χ4n) is 11.5. The molecule has 0 fully saturated rings. The largest absolute Gasteiger partial charge is 0.456 e. The molecule has 12 aromatic rings. The van der Waals surface area contributed by atoms with Crippen molar-refractivity contribution in [3.05, 3.63) is 259 Å². The van der Waals surface area contributed by atoms with E-state index in [2.05, 4.69) is 235 Å². The van der Waals surface area contributed by atoms with Crippen LogP contribution in [0.2, 0.25) is 0 Å². The van der Waals surface area contributed by atoms with Gasteiger partial charge in [0.1, 0.15) is 11.2 Å². The molecular formula is C63H39NO. The summed E-state index contributed by atoms with van der Waals surface area (Å²) in [6.07, 6.45) is 0. The van der Waals surface area contributed by atoms with Crippen LogP contribution >= 0.6 is 0 Å². The van der Waals surface area contributed by atoms with Crippen LogP contribution in [0, 0.1) is 0 Å². The maximum Gasteiger partial charge on any atom is 0.135 e. The summed E-state index contributed by atoms with van der Waals surface area (Å²) in [6, 6.07) is 87.2. The molecular weight excluding hydrogens is 787 g/mol. The Morgan fingerprint density at radius 3 is 1.51 bits per heavy atom. The van der Waals surface area contributed by atoms with Crippen molar-refractivity contribution < 1.29 is 4.42 Å². The molecule has 65 heavy (non-hydrogen) atoms. The van der Waals surface area contributed by atoms with Crippen LogP contribution in [0.1, 0.15) is 22.3 Å². The van der Waals surface area contributed by atoms with E-state index >= 15 is 0 Å². The van der Waals surface area contributed by atoms with Gasteiger partial charge in [-0.1, -0.05) is 176 Å². The van der Waals surface area contributed by atoms with Gasteiger partial charge in [-0.05, 0) is 149 Å². The van der Waals surface area contributed by atoms with E-state index < -0.39 is 5.41 Å². The van der Waals surface area contributed by atoms with E-state index in [0.29, 0.717) is 0 Å². The van der Waals surface area contributed by atoms with Crippen LogP contribution in [0.3, 0.4) is 0 Å². The standard InChI is InChI=1S/C63H39NO/c1-3-17-47-41(14-1)16-13-23-49(47)55-37-43(36-42-15-2-4-18-48(42)55)40-28-30-44(31-29-40)64(45-33-35-62-56(38-45)54-22-8-12-27-61(54)65-62)46-32-34-53-52-21-7-11-26-59(52)63(60(53)39-46)57-24-9-5-19-50(57)51-20-6-10-25-58(51)63/h1-39H. The minimum atomic E-state index is -0.451. The van der Waals surface area contributed by atoms with E-state index in [-0.39, 0.29) is 0 Å². The summed E-state index contributed by atoms with van der Waals surface area (Å²) in [5, 5.41) is 7.19. The van der Waals surface area contributed by atoms with Gasteiger partial charge in [0, 0.05) is 27.8 Å². The van der Waals surface area contributed by atoms with Crippen LogP contribution in [0.15, 0.2) is 241 Å². The van der Waals surface area contributed by atoms with Gasteiger partial charge >= 0.3 is 0 Å². The molecule has 0 bridgehead atoms. The van der Waals surface area contributed by atoms with Crippen LogP contribution in [-0.2, 0) is 5.41 Å². The summed E-state index contributed by atoms with van der Waals surface area (Å²) in [6.45, 7) is 0. The van der Waals surface area contributed by atoms with Gasteiger partial charge in [-0.15, -0.1) is 0 Å². The lowest BCUT2D eigenvalue weighted by molar-refractivity contribution is 0.669. The molecule has 302 valence electrons. The lowest BCUT2D eigenvalue weighted by Crippen LogP contribution is -2.26. The van der Waals surface area contributed by atoms with Crippen LogP contribution in [0.5, 0.6) is 0 Å². The van der Waals surface area contributed by atoms with Gasteiger partial charge in [0.15, 0.2) is 0 Å². The molecule has 14 rings (SSSR count). The second kappa shape index (κ2) is 13.8. The molecule has 0 unspecified atom stereocenters. The van der Waals surface area contributed by atoms with Crippen molar-refractivity contribution in [3.8, 4) is 44.5 Å². The zero-order chi connectivity index (χ0) is 42.6. The van der Waals surface area contributed by atoms with E-state index in [1.54, 1.807) is 0 Å². The Hall–Kier alpha value is -8.46. The third-order valence-electron chi connectivity index (χ3n) is 14.3. The summed E-state index contributed by atoms with van der Waals surface area (Å²) < 4.78 is 6.37. The van der Waals surface area contributed by atoms with Crippen molar-refractivity contribution in [2.75, 3.05) is 4.90 Å². The Balaban J connectivity index is 0.968. The number of fused-ring (bicyclic) bond motifs is 15. The third-order valence-corrected chi connectivity index (χ3v) is 14.3. The first-order chi connectivity index (χ1) is 32.2. The van der Waals surface area contributed by atoms with Crippen molar-refractivity contribution in [3.63, 3.8) is 0 Å². The highest BCUT2D eigenvalue weighted by molar-refractivity contribution is 6.08. The average Bonchev–Trinajstić information content (AvgIpc) is 4.00. The van der Waals surface area contributed by atoms with E-state index in [9.17, 15) is 0 Å². The van der Waals surface area contributed by atoms with Crippen molar-refractivity contribution in [1.82, 2.24) is 0 Å². The molecule has 0 saturated carbocycles. The molecule has 0 N–H and O–H groups in total. The predicted octanol–water partition coefficient (Wildman–Crippen LogP) is 17.0. The van der Waals surface area contributed by atoms with Crippen molar-refractivity contribution >= 4 is 60.5 Å². The fourth-order valence-corrected chi connectivity index (χ4v) is 11.5. The van der Waals surface area contributed by atoms with Crippen molar-refractivity contribution in [2.24, 2.45) is 0 Å². The van der Waals surface area contributed by atoms with Gasteiger partial charge in [-0.25, -0.2) is 0 Å². The first kappa shape index (κ1) is 36.1. The SMILES string of the molecule is c1ccc2c(c1)-c1ccccc1C21c2ccccc2-c2ccc(N(c3ccc(-c4cc(-c5cccc6ccccc56)c5ccccc5c4)cc3)c3ccc4oc5ccccc5c4c3)cc21. The van der Waals surface area contributed by atoms with Crippen molar-refractivity contribution in [2.45, 2.75) is 5.41 Å². The number of para-hydroxylation sites is 1. The van der Waals surface area contributed by atoms with E-state index in [4.69, 9.17) is 4.42 Å². The van der Waals surface area contributed by atoms with Crippen LogP contribution < -0.4 is 4.90 Å². The molecule has 2 aliphatic rings. The first-order valence-corrected chi connectivity index (χ1v) is 22.5. The smallest absolute Gasteiger partial charge is 0.135 e. The predicted molar refractivity (Wildman–Crippen MR) is 271 cm³/mol. The normalized spacial score (nSPS) is 13.0. The zero-order valence-electron chi connectivity index (χ0n) is 35.4. The van der Waals surface area contributed by atoms with Crippen LogP contribution in [-0.4, -0.2) is 0 Å². The van der Waals surface area contributed by atoms with Gasteiger partial charge in [-0.3, -0.25) is 0 Å². The Bertz CT molecular complexity index is 3840. The molecule has 0 saturated heterocycles. The molecule has 2 aliphatic carbocycles. The molecule has 0 radical (unpaired) electrons. The molecule has 2 nitrogen and oxygen atoms in total. The summed E-state index contributed by atoms with van der Waals surface area (Å²) in [4.78, 5) is 2.43. The molecule has 0 atom stereocenters. The lowest BCUT2D eigenvalue weighted by Gasteiger charge is -2.32. The number of rotatable bonds is 5. The quantitative estimate of drug-likeness (QED) is 0.172.